The number of anilines is 2. The van der Waals surface area contributed by atoms with Crippen LogP contribution in [0, 0.1) is 0 Å². The topological polar surface area (TPSA) is 79.0 Å². The van der Waals surface area contributed by atoms with Crippen molar-refractivity contribution in [2.75, 3.05) is 56.4 Å². The highest BCUT2D eigenvalue weighted by Crippen LogP contribution is 2.26. The normalized spacial score (nSPS) is 15.7. The largest absolute Gasteiger partial charge is 0.378 e. The predicted molar refractivity (Wildman–Crippen MR) is 90.2 cm³/mol. The summed E-state index contributed by atoms with van der Waals surface area (Å²) >= 11 is 0. The molecule has 7 nitrogen and oxygen atoms in total. The van der Waals surface area contributed by atoms with Gasteiger partial charge in [-0.1, -0.05) is 12.1 Å². The minimum atomic E-state index is -3.37. The van der Waals surface area contributed by atoms with E-state index in [0.717, 1.165) is 23.1 Å². The Hall–Kier alpha value is -1.64. The molecule has 23 heavy (non-hydrogen) atoms. The zero-order chi connectivity index (χ0) is 16.9. The molecule has 0 radical (unpaired) electrons. The van der Waals surface area contributed by atoms with Crippen molar-refractivity contribution in [3.63, 3.8) is 0 Å². The number of morpholine rings is 1. The van der Waals surface area contributed by atoms with Crippen molar-refractivity contribution in [3.05, 3.63) is 24.3 Å². The van der Waals surface area contributed by atoms with E-state index >= 15 is 0 Å². The van der Waals surface area contributed by atoms with Crippen molar-refractivity contribution in [1.82, 2.24) is 4.31 Å². The van der Waals surface area contributed by atoms with Gasteiger partial charge in [0.05, 0.1) is 30.3 Å². The number of para-hydroxylation sites is 2. The van der Waals surface area contributed by atoms with Crippen LogP contribution in [-0.4, -0.2) is 64.8 Å². The molecule has 128 valence electrons. The van der Waals surface area contributed by atoms with E-state index in [1.54, 1.807) is 0 Å². The zero-order valence-electron chi connectivity index (χ0n) is 13.5. The van der Waals surface area contributed by atoms with Gasteiger partial charge in [0.1, 0.15) is 0 Å². The van der Waals surface area contributed by atoms with E-state index in [9.17, 15) is 13.2 Å². The van der Waals surface area contributed by atoms with Gasteiger partial charge in [0.15, 0.2) is 0 Å². The van der Waals surface area contributed by atoms with Crippen molar-refractivity contribution in [2.45, 2.75) is 6.42 Å². The maximum Gasteiger partial charge on any atom is 0.225 e. The van der Waals surface area contributed by atoms with Crippen molar-refractivity contribution >= 4 is 27.3 Å². The molecule has 0 bridgehead atoms. The van der Waals surface area contributed by atoms with E-state index in [1.807, 2.05) is 24.3 Å². The van der Waals surface area contributed by atoms with Crippen LogP contribution in [0.1, 0.15) is 6.42 Å². The summed E-state index contributed by atoms with van der Waals surface area (Å²) in [6.07, 6.45) is -0.0715. The first-order chi connectivity index (χ1) is 10.9. The van der Waals surface area contributed by atoms with Gasteiger partial charge in [0.25, 0.3) is 0 Å². The Morgan fingerprint density at radius 1 is 1.26 bits per heavy atom. The number of nitrogens with one attached hydrogen (secondary N) is 1. The molecule has 0 aliphatic carbocycles. The van der Waals surface area contributed by atoms with E-state index in [4.69, 9.17) is 4.74 Å². The molecule has 0 aromatic heterocycles. The predicted octanol–water partition coefficient (Wildman–Crippen LogP) is 0.743. The van der Waals surface area contributed by atoms with Crippen molar-refractivity contribution in [1.29, 1.82) is 0 Å². The summed E-state index contributed by atoms with van der Waals surface area (Å²) in [6.45, 7) is 2.84. The van der Waals surface area contributed by atoms with Crippen LogP contribution in [0.15, 0.2) is 24.3 Å². The van der Waals surface area contributed by atoms with Crippen molar-refractivity contribution in [3.8, 4) is 0 Å². The van der Waals surface area contributed by atoms with E-state index < -0.39 is 10.0 Å². The molecule has 0 saturated carbocycles. The average Bonchev–Trinajstić information content (AvgIpc) is 2.54. The van der Waals surface area contributed by atoms with Gasteiger partial charge in [-0.05, 0) is 12.1 Å². The highest BCUT2D eigenvalue weighted by molar-refractivity contribution is 7.89. The van der Waals surface area contributed by atoms with Crippen LogP contribution < -0.4 is 10.2 Å². The Morgan fingerprint density at radius 3 is 2.57 bits per heavy atom. The molecular weight excluding hydrogens is 318 g/mol. The lowest BCUT2D eigenvalue weighted by molar-refractivity contribution is -0.115. The Labute approximate surface area is 137 Å². The maximum atomic E-state index is 12.1. The first-order valence-corrected chi connectivity index (χ1v) is 9.13. The van der Waals surface area contributed by atoms with Crippen LogP contribution in [0.3, 0.4) is 0 Å². The van der Waals surface area contributed by atoms with Gasteiger partial charge in [-0.2, -0.15) is 0 Å². The molecule has 1 N–H and O–H groups in total. The number of hydrogen-bond donors (Lipinski definition) is 1. The van der Waals surface area contributed by atoms with Crippen LogP contribution >= 0.6 is 0 Å². The van der Waals surface area contributed by atoms with Crippen LogP contribution in [0.4, 0.5) is 11.4 Å². The second kappa shape index (κ2) is 7.76. The quantitative estimate of drug-likeness (QED) is 0.826. The number of carbonyl (C=O) groups is 1. The second-order valence-corrected chi connectivity index (χ2v) is 7.82. The highest BCUT2D eigenvalue weighted by atomic mass is 32.2. The summed E-state index contributed by atoms with van der Waals surface area (Å²) in [7, 11) is -0.452. The third-order valence-electron chi connectivity index (χ3n) is 3.67. The molecule has 1 aliphatic rings. The number of nitrogens with zero attached hydrogens (tertiary/aromatic N) is 2. The summed E-state index contributed by atoms with van der Waals surface area (Å²) in [5.74, 6) is -0.512. The summed E-state index contributed by atoms with van der Waals surface area (Å²) < 4.78 is 29.9. The molecule has 1 aromatic carbocycles. The van der Waals surface area contributed by atoms with E-state index in [-0.39, 0.29) is 18.1 Å². The van der Waals surface area contributed by atoms with E-state index in [1.165, 1.54) is 14.1 Å². The Morgan fingerprint density at radius 2 is 1.91 bits per heavy atom. The molecule has 0 spiro atoms. The van der Waals surface area contributed by atoms with Gasteiger partial charge >= 0.3 is 0 Å². The summed E-state index contributed by atoms with van der Waals surface area (Å²) in [5.41, 5.74) is 1.63. The third-order valence-corrected chi connectivity index (χ3v) is 5.51. The zero-order valence-corrected chi connectivity index (χ0v) is 14.3. The van der Waals surface area contributed by atoms with E-state index in [2.05, 4.69) is 10.2 Å². The van der Waals surface area contributed by atoms with Gasteiger partial charge in [-0.3, -0.25) is 4.79 Å². The SMILES string of the molecule is CN(C)S(=O)(=O)CCC(=O)Nc1ccccc1N1CCOCC1. The fraction of sp³-hybridized carbons (Fsp3) is 0.533. The smallest absolute Gasteiger partial charge is 0.225 e. The van der Waals surface area contributed by atoms with Crippen LogP contribution in [0.25, 0.3) is 0 Å². The van der Waals surface area contributed by atoms with Crippen molar-refractivity contribution in [2.24, 2.45) is 0 Å². The summed E-state index contributed by atoms with van der Waals surface area (Å²) in [6, 6.07) is 7.52. The lowest BCUT2D eigenvalue weighted by atomic mass is 10.2. The summed E-state index contributed by atoms with van der Waals surface area (Å²) in [5, 5.41) is 2.81. The fourth-order valence-corrected chi connectivity index (χ4v) is 3.08. The van der Waals surface area contributed by atoms with E-state index in [0.29, 0.717) is 18.9 Å². The molecular formula is C15H23N3O4S. The second-order valence-electron chi connectivity index (χ2n) is 5.51. The molecule has 1 saturated heterocycles. The lowest BCUT2D eigenvalue weighted by Gasteiger charge is -2.30. The van der Waals surface area contributed by atoms with Gasteiger partial charge in [0, 0.05) is 33.6 Å². The molecule has 1 aliphatic heterocycles. The molecule has 0 unspecified atom stereocenters. The molecule has 1 amide bonds. The first-order valence-electron chi connectivity index (χ1n) is 7.52. The van der Waals surface area contributed by atoms with Crippen LogP contribution in [0.5, 0.6) is 0 Å². The van der Waals surface area contributed by atoms with Crippen LogP contribution in [0.2, 0.25) is 0 Å². The van der Waals surface area contributed by atoms with Gasteiger partial charge in [-0.15, -0.1) is 0 Å². The minimum absolute atomic E-state index is 0.0715. The number of hydrogen-bond acceptors (Lipinski definition) is 5. The summed E-state index contributed by atoms with van der Waals surface area (Å²) in [4.78, 5) is 14.2. The van der Waals surface area contributed by atoms with Gasteiger partial charge in [0.2, 0.25) is 15.9 Å². The minimum Gasteiger partial charge on any atom is -0.378 e. The van der Waals surface area contributed by atoms with Gasteiger partial charge < -0.3 is 15.0 Å². The number of carbonyl (C=O) groups excluding carboxylic acids is 1. The van der Waals surface area contributed by atoms with Crippen molar-refractivity contribution < 1.29 is 17.9 Å². The Kier molecular flexibility index (Phi) is 5.97. The van der Waals surface area contributed by atoms with Gasteiger partial charge in [-0.25, -0.2) is 12.7 Å². The average molecular weight is 341 g/mol. The molecule has 0 atom stereocenters. The third kappa shape index (κ3) is 4.92. The molecule has 1 fully saturated rings. The molecule has 8 heteroatoms. The number of ether oxygens (including phenoxy) is 1. The monoisotopic (exact) mass is 341 g/mol. The van der Waals surface area contributed by atoms with Crippen LogP contribution in [-0.2, 0) is 19.6 Å². The molecule has 1 heterocycles. The molecule has 2 rings (SSSR count). The number of rotatable bonds is 6. The maximum absolute atomic E-state index is 12.1. The standard InChI is InChI=1S/C15H23N3O4S/c1-17(2)23(20,21)12-7-15(19)16-13-5-3-4-6-14(13)18-8-10-22-11-9-18/h3-6H,7-12H2,1-2H3,(H,16,19). The number of sulfonamides is 1. The first kappa shape index (κ1) is 17.7. The Balaban J connectivity index is 2.01. The highest BCUT2D eigenvalue weighted by Gasteiger charge is 2.18. The number of benzene rings is 1. The molecule has 1 aromatic rings. The fourth-order valence-electron chi connectivity index (χ4n) is 2.28. The number of amides is 1. The lowest BCUT2D eigenvalue weighted by Crippen LogP contribution is -2.36. The Bertz CT molecular complexity index is 640.